The van der Waals surface area contributed by atoms with Gasteiger partial charge in [0.25, 0.3) is 5.91 Å². The van der Waals surface area contributed by atoms with Crippen molar-refractivity contribution < 1.29 is 4.79 Å². The molecule has 0 aliphatic carbocycles. The molecule has 16 heavy (non-hydrogen) atoms. The van der Waals surface area contributed by atoms with Gasteiger partial charge in [0.2, 0.25) is 0 Å². The Labute approximate surface area is 94.3 Å². The van der Waals surface area contributed by atoms with Crippen molar-refractivity contribution >= 4 is 22.4 Å². The number of nitrogen functional groups attached to an aromatic ring is 1. The van der Waals surface area contributed by atoms with Crippen LogP contribution in [0.2, 0.25) is 0 Å². The van der Waals surface area contributed by atoms with E-state index in [4.69, 9.17) is 5.73 Å². The molecule has 0 unspecified atom stereocenters. The number of benzene rings is 2. The summed E-state index contributed by atoms with van der Waals surface area (Å²) < 4.78 is 0. The molecule has 0 atom stereocenters. The predicted octanol–water partition coefficient (Wildman–Crippen LogP) is 2.17. The van der Waals surface area contributed by atoms with Crippen molar-refractivity contribution in [2.24, 2.45) is 0 Å². The molecular formula is C13H14N2O. The molecule has 2 aromatic rings. The van der Waals surface area contributed by atoms with Crippen molar-refractivity contribution in [3.63, 3.8) is 0 Å². The summed E-state index contributed by atoms with van der Waals surface area (Å²) in [4.78, 5) is 11.8. The Balaban J connectivity index is 2.63. The first-order chi connectivity index (χ1) is 7.74. The van der Waals surface area contributed by atoms with Crippen molar-refractivity contribution in [1.29, 1.82) is 0 Å². The second-order valence-corrected chi connectivity index (χ2v) is 3.61. The smallest absolute Gasteiger partial charge is 0.251 e. The van der Waals surface area contributed by atoms with E-state index >= 15 is 0 Å². The van der Waals surface area contributed by atoms with Gasteiger partial charge in [-0.05, 0) is 24.4 Å². The summed E-state index contributed by atoms with van der Waals surface area (Å²) >= 11 is 0. The van der Waals surface area contributed by atoms with E-state index in [0.29, 0.717) is 17.8 Å². The van der Waals surface area contributed by atoms with E-state index < -0.39 is 0 Å². The molecule has 0 saturated heterocycles. The zero-order valence-electron chi connectivity index (χ0n) is 9.16. The Kier molecular flexibility index (Phi) is 2.77. The second-order valence-electron chi connectivity index (χ2n) is 3.61. The molecule has 0 fully saturated rings. The Morgan fingerprint density at radius 1 is 1.19 bits per heavy atom. The van der Waals surface area contributed by atoms with Gasteiger partial charge >= 0.3 is 0 Å². The van der Waals surface area contributed by atoms with Crippen molar-refractivity contribution in [2.75, 3.05) is 12.3 Å². The van der Waals surface area contributed by atoms with Crippen LogP contribution in [-0.2, 0) is 0 Å². The lowest BCUT2D eigenvalue weighted by molar-refractivity contribution is 0.0957. The van der Waals surface area contributed by atoms with Gasteiger partial charge in [-0.1, -0.05) is 24.3 Å². The number of carbonyl (C=O) groups is 1. The fourth-order valence-electron chi connectivity index (χ4n) is 1.78. The van der Waals surface area contributed by atoms with Gasteiger partial charge in [-0.2, -0.15) is 0 Å². The molecule has 2 rings (SSSR count). The number of hydrogen-bond donors (Lipinski definition) is 2. The van der Waals surface area contributed by atoms with Crippen LogP contribution in [0.25, 0.3) is 10.8 Å². The van der Waals surface area contributed by atoms with Crippen LogP contribution in [0.3, 0.4) is 0 Å². The summed E-state index contributed by atoms with van der Waals surface area (Å²) in [5.74, 6) is -0.0568. The molecule has 0 aliphatic heterocycles. The van der Waals surface area contributed by atoms with E-state index in [9.17, 15) is 4.79 Å². The quantitative estimate of drug-likeness (QED) is 0.753. The summed E-state index contributed by atoms with van der Waals surface area (Å²) in [5.41, 5.74) is 7.24. The number of anilines is 1. The highest BCUT2D eigenvalue weighted by Gasteiger charge is 2.09. The van der Waals surface area contributed by atoms with Crippen LogP contribution >= 0.6 is 0 Å². The Bertz CT molecular complexity index is 534. The molecule has 3 nitrogen and oxygen atoms in total. The van der Waals surface area contributed by atoms with E-state index in [0.717, 1.165) is 10.8 Å². The lowest BCUT2D eigenvalue weighted by Gasteiger charge is -2.08. The molecular weight excluding hydrogens is 200 g/mol. The summed E-state index contributed by atoms with van der Waals surface area (Å²) in [7, 11) is 0. The van der Waals surface area contributed by atoms with Crippen LogP contribution < -0.4 is 11.1 Å². The van der Waals surface area contributed by atoms with Gasteiger partial charge in [0.15, 0.2) is 0 Å². The highest BCUT2D eigenvalue weighted by atomic mass is 16.1. The van der Waals surface area contributed by atoms with E-state index in [2.05, 4.69) is 5.32 Å². The van der Waals surface area contributed by atoms with E-state index in [1.54, 1.807) is 12.1 Å². The van der Waals surface area contributed by atoms with Gasteiger partial charge < -0.3 is 11.1 Å². The van der Waals surface area contributed by atoms with Crippen molar-refractivity contribution in [3.8, 4) is 0 Å². The molecule has 0 aromatic heterocycles. The third-order valence-electron chi connectivity index (χ3n) is 2.54. The van der Waals surface area contributed by atoms with Gasteiger partial charge in [0.05, 0.1) is 0 Å². The molecule has 0 aliphatic rings. The number of fused-ring (bicyclic) bond motifs is 1. The highest BCUT2D eigenvalue weighted by molar-refractivity contribution is 6.09. The number of hydrogen-bond acceptors (Lipinski definition) is 2. The van der Waals surface area contributed by atoms with Gasteiger partial charge in [0.1, 0.15) is 0 Å². The molecule has 3 heteroatoms. The van der Waals surface area contributed by atoms with Gasteiger partial charge in [-0.25, -0.2) is 0 Å². The standard InChI is InChI=1S/C13H14N2O/c1-2-15-13(16)11-7-8-12(14)10-6-4-3-5-9(10)11/h3-8H,2,14H2,1H3,(H,15,16). The van der Waals surface area contributed by atoms with Crippen molar-refractivity contribution in [2.45, 2.75) is 6.92 Å². The van der Waals surface area contributed by atoms with Crippen molar-refractivity contribution in [1.82, 2.24) is 5.32 Å². The zero-order valence-corrected chi connectivity index (χ0v) is 9.16. The first-order valence-corrected chi connectivity index (χ1v) is 5.29. The van der Waals surface area contributed by atoms with Gasteiger partial charge in [0, 0.05) is 23.2 Å². The fraction of sp³-hybridized carbons (Fsp3) is 0.154. The number of nitrogens with one attached hydrogen (secondary N) is 1. The molecule has 0 bridgehead atoms. The summed E-state index contributed by atoms with van der Waals surface area (Å²) in [6, 6.07) is 11.2. The Hall–Kier alpha value is -2.03. The average Bonchev–Trinajstić information content (AvgIpc) is 2.30. The number of nitrogens with two attached hydrogens (primary N) is 1. The monoisotopic (exact) mass is 214 g/mol. The SMILES string of the molecule is CCNC(=O)c1ccc(N)c2ccccc12. The topological polar surface area (TPSA) is 55.1 Å². The minimum atomic E-state index is -0.0568. The maximum Gasteiger partial charge on any atom is 0.251 e. The zero-order chi connectivity index (χ0) is 11.5. The van der Waals surface area contributed by atoms with Crippen molar-refractivity contribution in [3.05, 3.63) is 42.0 Å². The molecule has 0 spiro atoms. The van der Waals surface area contributed by atoms with E-state index in [1.165, 1.54) is 0 Å². The lowest BCUT2D eigenvalue weighted by Crippen LogP contribution is -2.22. The molecule has 1 amide bonds. The van der Waals surface area contributed by atoms with Crippen LogP contribution in [0.15, 0.2) is 36.4 Å². The van der Waals surface area contributed by atoms with Crippen LogP contribution in [0.5, 0.6) is 0 Å². The molecule has 0 radical (unpaired) electrons. The number of carbonyl (C=O) groups excluding carboxylic acids is 1. The Morgan fingerprint density at radius 3 is 2.56 bits per heavy atom. The largest absolute Gasteiger partial charge is 0.398 e. The van der Waals surface area contributed by atoms with E-state index in [-0.39, 0.29) is 5.91 Å². The molecule has 0 heterocycles. The van der Waals surface area contributed by atoms with Crippen LogP contribution in [0, 0.1) is 0 Å². The minimum absolute atomic E-state index is 0.0568. The predicted molar refractivity (Wildman–Crippen MR) is 66.4 cm³/mol. The number of amides is 1. The minimum Gasteiger partial charge on any atom is -0.398 e. The van der Waals surface area contributed by atoms with Crippen LogP contribution in [-0.4, -0.2) is 12.5 Å². The summed E-state index contributed by atoms with van der Waals surface area (Å²) in [5, 5.41) is 4.61. The second kappa shape index (κ2) is 4.23. The van der Waals surface area contributed by atoms with Gasteiger partial charge in [-0.15, -0.1) is 0 Å². The number of rotatable bonds is 2. The van der Waals surface area contributed by atoms with Crippen LogP contribution in [0.4, 0.5) is 5.69 Å². The van der Waals surface area contributed by atoms with Gasteiger partial charge in [-0.3, -0.25) is 4.79 Å². The fourth-order valence-corrected chi connectivity index (χ4v) is 1.78. The Morgan fingerprint density at radius 2 is 1.88 bits per heavy atom. The summed E-state index contributed by atoms with van der Waals surface area (Å²) in [6.45, 7) is 2.52. The summed E-state index contributed by atoms with van der Waals surface area (Å²) in [6.07, 6.45) is 0. The average molecular weight is 214 g/mol. The molecule has 82 valence electrons. The maximum atomic E-state index is 11.8. The lowest BCUT2D eigenvalue weighted by atomic mass is 10.0. The third kappa shape index (κ3) is 1.72. The highest BCUT2D eigenvalue weighted by Crippen LogP contribution is 2.24. The first-order valence-electron chi connectivity index (χ1n) is 5.29. The first kappa shape index (κ1) is 10.5. The molecule has 2 aromatic carbocycles. The van der Waals surface area contributed by atoms with Crippen LogP contribution in [0.1, 0.15) is 17.3 Å². The normalized spacial score (nSPS) is 10.3. The third-order valence-corrected chi connectivity index (χ3v) is 2.54. The van der Waals surface area contributed by atoms with E-state index in [1.807, 2.05) is 31.2 Å². The molecule has 0 saturated carbocycles. The maximum absolute atomic E-state index is 11.8. The molecule has 3 N–H and O–H groups in total.